The molecule has 0 aliphatic heterocycles. The molecule has 0 fully saturated rings. The van der Waals surface area contributed by atoms with Crippen LogP contribution >= 0.6 is 0 Å². The Hall–Kier alpha value is -3.96. The van der Waals surface area contributed by atoms with E-state index in [2.05, 4.69) is 4.98 Å². The number of amides is 1. The van der Waals surface area contributed by atoms with E-state index in [-0.39, 0.29) is 30.4 Å². The molecule has 0 unspecified atom stereocenters. The molecule has 0 saturated heterocycles. The SMILES string of the molecule is CCCCn1c(N)c(N(Cc2ccco2)C(=O)COc2ccccc2C(F)(F)F)c(=O)[nH]c1=O. The molecule has 0 atom stereocenters. The van der Waals surface area contributed by atoms with Gasteiger partial charge in [0.15, 0.2) is 12.3 Å². The Kier molecular flexibility index (Phi) is 7.49. The van der Waals surface area contributed by atoms with Crippen LogP contribution in [-0.2, 0) is 24.1 Å². The minimum atomic E-state index is -4.69. The Morgan fingerprint density at radius 1 is 1.21 bits per heavy atom. The number of nitrogens with two attached hydrogens (primary N) is 1. The molecular formula is C22H23F3N4O5. The number of hydrogen-bond acceptors (Lipinski definition) is 6. The third kappa shape index (κ3) is 5.50. The van der Waals surface area contributed by atoms with Crippen molar-refractivity contribution in [1.29, 1.82) is 0 Å². The van der Waals surface area contributed by atoms with E-state index in [1.807, 2.05) is 6.92 Å². The highest BCUT2D eigenvalue weighted by Gasteiger charge is 2.34. The van der Waals surface area contributed by atoms with Crippen LogP contribution in [0, 0.1) is 0 Å². The van der Waals surface area contributed by atoms with Gasteiger partial charge in [-0.15, -0.1) is 0 Å². The topological polar surface area (TPSA) is 124 Å². The summed E-state index contributed by atoms with van der Waals surface area (Å²) >= 11 is 0. The molecule has 1 amide bonds. The number of nitrogens with zero attached hydrogens (tertiary/aromatic N) is 2. The maximum Gasteiger partial charge on any atom is 0.419 e. The summed E-state index contributed by atoms with van der Waals surface area (Å²) in [7, 11) is 0. The molecule has 0 spiro atoms. The summed E-state index contributed by atoms with van der Waals surface area (Å²) in [5.41, 5.74) is 3.07. The number of carbonyl (C=O) groups is 1. The van der Waals surface area contributed by atoms with Gasteiger partial charge in [-0.2, -0.15) is 13.2 Å². The fourth-order valence-electron chi connectivity index (χ4n) is 3.27. The van der Waals surface area contributed by atoms with Crippen LogP contribution in [0.3, 0.4) is 0 Å². The van der Waals surface area contributed by atoms with E-state index in [9.17, 15) is 27.6 Å². The molecule has 0 aliphatic rings. The van der Waals surface area contributed by atoms with Crippen LogP contribution in [0.15, 0.2) is 56.7 Å². The van der Waals surface area contributed by atoms with Gasteiger partial charge in [0.1, 0.15) is 17.3 Å². The predicted octanol–water partition coefficient (Wildman–Crippen LogP) is 3.14. The largest absolute Gasteiger partial charge is 0.483 e. The van der Waals surface area contributed by atoms with E-state index >= 15 is 0 Å². The number of aromatic amines is 1. The molecule has 3 aromatic rings. The monoisotopic (exact) mass is 480 g/mol. The normalized spacial score (nSPS) is 11.4. The predicted molar refractivity (Wildman–Crippen MR) is 117 cm³/mol. The van der Waals surface area contributed by atoms with Crippen LogP contribution in [0.2, 0.25) is 0 Å². The lowest BCUT2D eigenvalue weighted by Gasteiger charge is -2.24. The Balaban J connectivity index is 1.98. The van der Waals surface area contributed by atoms with Crippen LogP contribution in [0.5, 0.6) is 5.75 Å². The first kappa shape index (κ1) is 24.7. The molecule has 2 heterocycles. The maximum atomic E-state index is 13.3. The van der Waals surface area contributed by atoms with E-state index in [0.717, 1.165) is 28.0 Å². The average Bonchev–Trinajstić information content (AvgIpc) is 3.29. The van der Waals surface area contributed by atoms with Crippen molar-refractivity contribution in [2.24, 2.45) is 0 Å². The van der Waals surface area contributed by atoms with Crippen molar-refractivity contribution in [2.75, 3.05) is 17.2 Å². The van der Waals surface area contributed by atoms with Crippen LogP contribution in [-0.4, -0.2) is 22.1 Å². The molecule has 1 aromatic carbocycles. The lowest BCUT2D eigenvalue weighted by molar-refractivity contribution is -0.139. The number of ether oxygens (including phenoxy) is 1. The van der Waals surface area contributed by atoms with Crippen LogP contribution in [0.4, 0.5) is 24.7 Å². The van der Waals surface area contributed by atoms with Crippen LogP contribution in [0.25, 0.3) is 0 Å². The average molecular weight is 480 g/mol. The number of hydrogen-bond donors (Lipinski definition) is 2. The summed E-state index contributed by atoms with van der Waals surface area (Å²) in [6.07, 6.45) is -2.02. The number of nitrogens with one attached hydrogen (secondary N) is 1. The molecule has 3 rings (SSSR count). The number of alkyl halides is 3. The minimum Gasteiger partial charge on any atom is -0.483 e. The van der Waals surface area contributed by atoms with Crippen molar-refractivity contribution in [3.8, 4) is 5.75 Å². The van der Waals surface area contributed by atoms with Crippen molar-refractivity contribution >= 4 is 17.4 Å². The number of unbranched alkanes of at least 4 members (excludes halogenated alkanes) is 1. The van der Waals surface area contributed by atoms with Gasteiger partial charge in [0.2, 0.25) is 0 Å². The summed E-state index contributed by atoms with van der Waals surface area (Å²) in [4.78, 5) is 41.1. The number of halogens is 3. The second kappa shape index (κ2) is 10.3. The van der Waals surface area contributed by atoms with Crippen molar-refractivity contribution in [3.63, 3.8) is 0 Å². The van der Waals surface area contributed by atoms with Gasteiger partial charge in [0, 0.05) is 6.54 Å². The first-order chi connectivity index (χ1) is 16.1. The van der Waals surface area contributed by atoms with E-state index in [4.69, 9.17) is 14.9 Å². The van der Waals surface area contributed by atoms with Gasteiger partial charge in [-0.3, -0.25) is 24.0 Å². The van der Waals surface area contributed by atoms with Gasteiger partial charge >= 0.3 is 11.9 Å². The molecule has 182 valence electrons. The maximum absolute atomic E-state index is 13.3. The highest BCUT2D eigenvalue weighted by atomic mass is 19.4. The third-order valence-corrected chi connectivity index (χ3v) is 4.96. The lowest BCUT2D eigenvalue weighted by Crippen LogP contribution is -2.42. The van der Waals surface area contributed by atoms with Gasteiger partial charge in [-0.25, -0.2) is 4.79 Å². The van der Waals surface area contributed by atoms with Crippen LogP contribution in [0.1, 0.15) is 31.1 Å². The summed E-state index contributed by atoms with van der Waals surface area (Å²) < 4.78 is 51.3. The number of carbonyl (C=O) groups excluding carboxylic acids is 1. The second-order valence-corrected chi connectivity index (χ2v) is 7.34. The number of furan rings is 1. The zero-order valence-electron chi connectivity index (χ0n) is 18.2. The molecule has 0 bridgehead atoms. The number of anilines is 2. The summed E-state index contributed by atoms with van der Waals surface area (Å²) in [5.74, 6) is -1.39. The molecule has 0 saturated carbocycles. The standard InChI is InChI=1S/C22H23F3N4O5/c1-2-3-10-28-19(26)18(20(31)27-21(28)32)29(12-14-7-6-11-33-14)17(30)13-34-16-9-5-4-8-15(16)22(23,24)25/h4-9,11H,2-3,10,12-13,26H2,1H3,(H,27,31,32). The van der Waals surface area contributed by atoms with Gasteiger partial charge < -0.3 is 14.9 Å². The number of H-pyrrole nitrogens is 1. The molecule has 34 heavy (non-hydrogen) atoms. The van der Waals surface area contributed by atoms with Gasteiger partial charge in [0.25, 0.3) is 11.5 Å². The van der Waals surface area contributed by atoms with E-state index in [1.165, 1.54) is 24.5 Å². The highest BCUT2D eigenvalue weighted by molar-refractivity contribution is 5.96. The van der Waals surface area contributed by atoms with E-state index in [0.29, 0.717) is 6.42 Å². The van der Waals surface area contributed by atoms with Gasteiger partial charge in [-0.1, -0.05) is 25.5 Å². The quantitative estimate of drug-likeness (QED) is 0.485. The fraction of sp³-hybridized carbons (Fsp3) is 0.318. The van der Waals surface area contributed by atoms with E-state index < -0.39 is 41.3 Å². The molecular weight excluding hydrogens is 457 g/mol. The van der Waals surface area contributed by atoms with Gasteiger partial charge in [-0.05, 0) is 30.7 Å². The molecule has 9 nitrogen and oxygen atoms in total. The van der Waals surface area contributed by atoms with Crippen molar-refractivity contribution in [3.05, 3.63) is 74.8 Å². The Morgan fingerprint density at radius 3 is 2.59 bits per heavy atom. The zero-order chi connectivity index (χ0) is 24.9. The number of nitrogen functional groups attached to an aromatic ring is 1. The minimum absolute atomic E-state index is 0.198. The number of aromatic nitrogens is 2. The smallest absolute Gasteiger partial charge is 0.419 e. The van der Waals surface area contributed by atoms with Crippen LogP contribution < -0.4 is 26.6 Å². The molecule has 0 radical (unpaired) electrons. The Morgan fingerprint density at radius 2 is 1.94 bits per heavy atom. The number of para-hydroxylation sites is 1. The summed E-state index contributed by atoms with van der Waals surface area (Å²) in [6.45, 7) is 0.996. The fourth-order valence-corrected chi connectivity index (χ4v) is 3.27. The van der Waals surface area contributed by atoms with Gasteiger partial charge in [0.05, 0.1) is 18.4 Å². The summed E-state index contributed by atoms with van der Waals surface area (Å²) in [5, 5.41) is 0. The Bertz CT molecular complexity index is 1250. The highest BCUT2D eigenvalue weighted by Crippen LogP contribution is 2.36. The first-order valence-electron chi connectivity index (χ1n) is 10.4. The molecule has 2 aromatic heterocycles. The molecule has 12 heteroatoms. The molecule has 0 aliphatic carbocycles. The summed E-state index contributed by atoms with van der Waals surface area (Å²) in [6, 6.07) is 7.54. The van der Waals surface area contributed by atoms with E-state index in [1.54, 1.807) is 6.07 Å². The zero-order valence-corrected chi connectivity index (χ0v) is 18.2. The first-order valence-corrected chi connectivity index (χ1v) is 10.4. The number of benzene rings is 1. The molecule has 3 N–H and O–H groups in total. The second-order valence-electron chi connectivity index (χ2n) is 7.34. The van der Waals surface area contributed by atoms with Crippen molar-refractivity contribution < 1.29 is 27.1 Å². The van der Waals surface area contributed by atoms with Crippen molar-refractivity contribution in [1.82, 2.24) is 9.55 Å². The lowest BCUT2D eigenvalue weighted by atomic mass is 10.2. The number of rotatable bonds is 9. The third-order valence-electron chi connectivity index (χ3n) is 4.96. The Labute approximate surface area is 191 Å². The van der Waals surface area contributed by atoms with Crippen molar-refractivity contribution in [2.45, 2.75) is 39.0 Å².